The van der Waals surface area contributed by atoms with Crippen LogP contribution in [0.5, 0.6) is 11.6 Å². The van der Waals surface area contributed by atoms with Gasteiger partial charge in [-0.15, -0.1) is 0 Å². The van der Waals surface area contributed by atoms with Crippen molar-refractivity contribution in [1.29, 1.82) is 0 Å². The minimum atomic E-state index is -0.978. The number of ether oxygens (including phenoxy) is 1. The number of nitro groups is 1. The maximum absolute atomic E-state index is 10.9. The summed E-state index contributed by atoms with van der Waals surface area (Å²) >= 11 is 0. The lowest BCUT2D eigenvalue weighted by atomic mass is 10.0. The number of pyridine rings is 1. The first-order chi connectivity index (χ1) is 11.5. The van der Waals surface area contributed by atoms with Gasteiger partial charge in [-0.2, -0.15) is 0 Å². The lowest BCUT2D eigenvalue weighted by Gasteiger charge is -2.08. The summed E-state index contributed by atoms with van der Waals surface area (Å²) in [5.74, 6) is -0.233. The zero-order valence-electron chi connectivity index (χ0n) is 13.0. The van der Waals surface area contributed by atoms with E-state index in [1.165, 1.54) is 18.2 Å². The van der Waals surface area contributed by atoms with Crippen LogP contribution >= 0.6 is 0 Å². The molecule has 0 unspecified atom stereocenters. The van der Waals surface area contributed by atoms with Crippen LogP contribution in [0.3, 0.4) is 0 Å². The summed E-state index contributed by atoms with van der Waals surface area (Å²) in [6.07, 6.45) is 3.83. The van der Waals surface area contributed by atoms with Crippen molar-refractivity contribution in [3.8, 4) is 11.6 Å². The fraction of sp³-hybridized carbons (Fsp3) is 0.176. The van der Waals surface area contributed by atoms with Gasteiger partial charge < -0.3 is 9.84 Å². The van der Waals surface area contributed by atoms with E-state index in [1.807, 2.05) is 6.92 Å². The van der Waals surface area contributed by atoms with E-state index < -0.39 is 10.9 Å². The Morgan fingerprint density at radius 3 is 2.50 bits per heavy atom. The zero-order chi connectivity index (χ0) is 17.5. The molecule has 0 spiro atoms. The highest BCUT2D eigenvalue weighted by atomic mass is 16.6. The van der Waals surface area contributed by atoms with Crippen molar-refractivity contribution in [2.24, 2.45) is 0 Å². The van der Waals surface area contributed by atoms with E-state index in [-0.39, 0.29) is 11.6 Å². The van der Waals surface area contributed by atoms with Gasteiger partial charge in [-0.25, -0.2) is 9.78 Å². The molecule has 2 rings (SSSR count). The molecule has 7 nitrogen and oxygen atoms in total. The van der Waals surface area contributed by atoms with E-state index >= 15 is 0 Å². The highest BCUT2D eigenvalue weighted by molar-refractivity contribution is 5.90. The van der Waals surface area contributed by atoms with E-state index in [0.29, 0.717) is 12.2 Å². The fourth-order valence-corrected chi connectivity index (χ4v) is 2.12. The van der Waals surface area contributed by atoms with Gasteiger partial charge in [-0.3, -0.25) is 10.1 Å². The van der Waals surface area contributed by atoms with Crippen molar-refractivity contribution < 1.29 is 19.6 Å². The Bertz CT molecular complexity index is 752. The summed E-state index contributed by atoms with van der Waals surface area (Å²) in [5, 5.41) is 19.5. The molecular weight excluding hydrogens is 312 g/mol. The number of aliphatic carboxylic acids is 1. The normalized spacial score (nSPS) is 11.1. The van der Waals surface area contributed by atoms with Crippen molar-refractivity contribution >= 4 is 17.2 Å². The molecule has 0 amide bonds. The molecule has 7 heteroatoms. The highest BCUT2D eigenvalue weighted by Crippen LogP contribution is 2.25. The second-order valence-electron chi connectivity index (χ2n) is 5.00. The van der Waals surface area contributed by atoms with Gasteiger partial charge in [0.15, 0.2) is 0 Å². The summed E-state index contributed by atoms with van der Waals surface area (Å²) in [6.45, 7) is 1.98. The summed E-state index contributed by atoms with van der Waals surface area (Å²) in [7, 11) is 0. The third-order valence-corrected chi connectivity index (χ3v) is 3.20. The van der Waals surface area contributed by atoms with Gasteiger partial charge in [0.05, 0.1) is 4.92 Å². The summed E-state index contributed by atoms with van der Waals surface area (Å²) in [5.41, 5.74) is 1.44. The van der Waals surface area contributed by atoms with E-state index in [0.717, 1.165) is 23.8 Å². The van der Waals surface area contributed by atoms with Crippen LogP contribution in [0.4, 0.5) is 5.69 Å². The first-order valence-electron chi connectivity index (χ1n) is 7.32. The standard InChI is InChI=1S/C17H16N2O5/c1-2-3-13(10-17(20)21)12-4-7-15(8-5-12)24-16-9-6-14(11-18-16)19(22)23/h4-11H,2-3H2,1H3,(H,20,21)/b13-10+. The van der Waals surface area contributed by atoms with E-state index in [1.54, 1.807) is 24.3 Å². The largest absolute Gasteiger partial charge is 0.478 e. The van der Waals surface area contributed by atoms with Crippen LogP contribution in [0.1, 0.15) is 25.3 Å². The van der Waals surface area contributed by atoms with E-state index in [9.17, 15) is 14.9 Å². The van der Waals surface area contributed by atoms with Gasteiger partial charge in [0.25, 0.3) is 5.69 Å². The van der Waals surface area contributed by atoms with Crippen LogP contribution in [-0.2, 0) is 4.79 Å². The SMILES string of the molecule is CCC/C(=C\C(=O)O)c1ccc(Oc2ccc([N+](=O)[O-])cn2)cc1. The average molecular weight is 328 g/mol. The van der Waals surface area contributed by atoms with Crippen molar-refractivity contribution in [1.82, 2.24) is 4.98 Å². The number of rotatable bonds is 7. The van der Waals surface area contributed by atoms with Crippen molar-refractivity contribution in [2.45, 2.75) is 19.8 Å². The molecule has 0 aliphatic rings. The molecule has 0 aliphatic carbocycles. The zero-order valence-corrected chi connectivity index (χ0v) is 13.0. The first kappa shape index (κ1) is 17.1. The highest BCUT2D eigenvalue weighted by Gasteiger charge is 2.07. The Hall–Kier alpha value is -3.22. The maximum Gasteiger partial charge on any atom is 0.328 e. The molecule has 0 saturated carbocycles. The number of hydrogen-bond donors (Lipinski definition) is 1. The Kier molecular flexibility index (Phi) is 5.62. The fourth-order valence-electron chi connectivity index (χ4n) is 2.12. The number of benzene rings is 1. The van der Waals surface area contributed by atoms with Crippen LogP contribution in [0.15, 0.2) is 48.7 Å². The second-order valence-corrected chi connectivity index (χ2v) is 5.00. The van der Waals surface area contributed by atoms with Crippen LogP contribution in [-0.4, -0.2) is 21.0 Å². The molecule has 1 N–H and O–H groups in total. The van der Waals surface area contributed by atoms with E-state index in [2.05, 4.69) is 4.98 Å². The smallest absolute Gasteiger partial charge is 0.328 e. The lowest BCUT2D eigenvalue weighted by molar-refractivity contribution is -0.385. The predicted octanol–water partition coefficient (Wildman–Crippen LogP) is 4.05. The first-order valence-corrected chi connectivity index (χ1v) is 7.32. The molecule has 0 fully saturated rings. The molecule has 0 bridgehead atoms. The maximum atomic E-state index is 10.9. The Morgan fingerprint density at radius 2 is 2.00 bits per heavy atom. The molecule has 0 saturated heterocycles. The quantitative estimate of drug-likeness (QED) is 0.467. The average Bonchev–Trinajstić information content (AvgIpc) is 2.55. The number of hydrogen-bond acceptors (Lipinski definition) is 5. The van der Waals surface area contributed by atoms with Gasteiger partial charge in [-0.05, 0) is 29.7 Å². The topological polar surface area (TPSA) is 103 Å². The molecule has 2 aromatic rings. The second kappa shape index (κ2) is 7.87. The van der Waals surface area contributed by atoms with Crippen molar-refractivity contribution in [2.75, 3.05) is 0 Å². The van der Waals surface area contributed by atoms with Gasteiger partial charge in [-0.1, -0.05) is 25.5 Å². The monoisotopic (exact) mass is 328 g/mol. The van der Waals surface area contributed by atoms with Crippen molar-refractivity contribution in [3.05, 3.63) is 64.3 Å². The predicted molar refractivity (Wildman–Crippen MR) is 87.9 cm³/mol. The number of allylic oxidation sites excluding steroid dienone is 1. The van der Waals surface area contributed by atoms with Crippen LogP contribution in [0, 0.1) is 10.1 Å². The number of carboxylic acid groups (broad SMARTS) is 1. The summed E-state index contributed by atoms with van der Waals surface area (Å²) in [4.78, 5) is 24.8. The summed E-state index contributed by atoms with van der Waals surface area (Å²) < 4.78 is 5.52. The minimum absolute atomic E-state index is 0.110. The summed E-state index contributed by atoms with van der Waals surface area (Å²) in [6, 6.07) is 9.66. The molecule has 1 heterocycles. The molecule has 0 aliphatic heterocycles. The third-order valence-electron chi connectivity index (χ3n) is 3.20. The lowest BCUT2D eigenvalue weighted by Crippen LogP contribution is -1.94. The Balaban J connectivity index is 2.13. The van der Waals surface area contributed by atoms with E-state index in [4.69, 9.17) is 9.84 Å². The number of carboxylic acids is 1. The molecular formula is C17H16N2O5. The molecule has 0 atom stereocenters. The molecule has 1 aromatic carbocycles. The molecule has 124 valence electrons. The van der Waals surface area contributed by atoms with Crippen LogP contribution in [0.25, 0.3) is 5.57 Å². The van der Waals surface area contributed by atoms with Gasteiger partial charge in [0.2, 0.25) is 5.88 Å². The number of nitrogens with zero attached hydrogens (tertiary/aromatic N) is 2. The van der Waals surface area contributed by atoms with Gasteiger partial charge >= 0.3 is 5.97 Å². The molecule has 24 heavy (non-hydrogen) atoms. The minimum Gasteiger partial charge on any atom is -0.478 e. The van der Waals surface area contributed by atoms with Crippen molar-refractivity contribution in [3.63, 3.8) is 0 Å². The Morgan fingerprint density at radius 1 is 1.29 bits per heavy atom. The van der Waals surface area contributed by atoms with Crippen LogP contribution in [0.2, 0.25) is 0 Å². The molecule has 0 radical (unpaired) electrons. The number of carbonyl (C=O) groups is 1. The third kappa shape index (κ3) is 4.64. The molecule has 1 aromatic heterocycles. The van der Waals surface area contributed by atoms with Gasteiger partial charge in [0.1, 0.15) is 11.9 Å². The van der Waals surface area contributed by atoms with Crippen LogP contribution < -0.4 is 4.74 Å². The number of aromatic nitrogens is 1. The van der Waals surface area contributed by atoms with Gasteiger partial charge in [0, 0.05) is 18.2 Å². The Labute approximate surface area is 138 Å².